The van der Waals surface area contributed by atoms with Crippen molar-refractivity contribution in [3.63, 3.8) is 0 Å². The Hall–Kier alpha value is -2.69. The van der Waals surface area contributed by atoms with Crippen molar-refractivity contribution in [2.75, 3.05) is 5.73 Å². The fourth-order valence-corrected chi connectivity index (χ4v) is 2.12. The maximum Gasteiger partial charge on any atom is 0.191 e. The van der Waals surface area contributed by atoms with Crippen LogP contribution in [0.3, 0.4) is 0 Å². The van der Waals surface area contributed by atoms with Crippen LogP contribution in [0.15, 0.2) is 10.2 Å². The number of anilines is 1. The van der Waals surface area contributed by atoms with E-state index in [0.717, 1.165) is 5.69 Å². The molecule has 22 heavy (non-hydrogen) atoms. The van der Waals surface area contributed by atoms with E-state index in [9.17, 15) is 5.26 Å². The molecule has 0 aliphatic heterocycles. The second kappa shape index (κ2) is 5.26. The van der Waals surface area contributed by atoms with Crippen molar-refractivity contribution < 1.29 is 0 Å². The summed E-state index contributed by atoms with van der Waals surface area (Å²) in [4.78, 5) is 0. The number of aromatic nitrogens is 4. The Morgan fingerprint density at radius 2 is 1.77 bits per heavy atom. The van der Waals surface area contributed by atoms with Crippen LogP contribution in [-0.2, 0) is 19.5 Å². The van der Waals surface area contributed by atoms with Crippen molar-refractivity contribution in [2.24, 2.45) is 24.3 Å². The smallest absolute Gasteiger partial charge is 0.191 e. The van der Waals surface area contributed by atoms with Gasteiger partial charge in [0.25, 0.3) is 0 Å². The molecule has 2 aromatic heterocycles. The van der Waals surface area contributed by atoms with Gasteiger partial charge >= 0.3 is 0 Å². The highest BCUT2D eigenvalue weighted by Gasteiger charge is 2.25. The molecule has 0 radical (unpaired) electrons. The molecule has 0 unspecified atom stereocenters. The predicted molar refractivity (Wildman–Crippen MR) is 83.2 cm³/mol. The molecule has 0 aliphatic rings. The lowest BCUT2D eigenvalue weighted by atomic mass is 9.91. The van der Waals surface area contributed by atoms with Gasteiger partial charge in [-0.2, -0.15) is 15.5 Å². The molecule has 0 saturated carbocycles. The predicted octanol–water partition coefficient (Wildman–Crippen LogP) is 2.63. The van der Waals surface area contributed by atoms with Gasteiger partial charge < -0.3 is 5.73 Å². The van der Waals surface area contributed by atoms with E-state index in [1.807, 2.05) is 20.8 Å². The van der Waals surface area contributed by atoms with Gasteiger partial charge in [-0.15, -0.1) is 10.2 Å². The molecule has 0 atom stereocenters. The van der Waals surface area contributed by atoms with Crippen LogP contribution in [0.25, 0.3) is 0 Å². The first kappa shape index (κ1) is 15.7. The molecule has 2 rings (SSSR count). The molecule has 8 nitrogen and oxygen atoms in total. The molecule has 0 aliphatic carbocycles. The Morgan fingerprint density at radius 3 is 2.32 bits per heavy atom. The lowest BCUT2D eigenvalue weighted by Gasteiger charge is -2.15. The molecule has 0 bridgehead atoms. The number of nitrogens with two attached hydrogens (primary N) is 1. The van der Waals surface area contributed by atoms with E-state index >= 15 is 0 Å². The third kappa shape index (κ3) is 2.57. The Morgan fingerprint density at radius 1 is 1.14 bits per heavy atom. The maximum absolute atomic E-state index is 9.21. The average molecular weight is 300 g/mol. The molecule has 2 heterocycles. The zero-order valence-electron chi connectivity index (χ0n) is 13.7. The van der Waals surface area contributed by atoms with Crippen LogP contribution < -0.4 is 5.73 Å². The molecular formula is C14H20N8. The summed E-state index contributed by atoms with van der Waals surface area (Å²) < 4.78 is 3.11. The molecular weight excluding hydrogens is 280 g/mol. The maximum atomic E-state index is 9.21. The molecule has 8 heteroatoms. The molecule has 0 amide bonds. The van der Waals surface area contributed by atoms with Crippen molar-refractivity contribution >= 4 is 17.3 Å². The van der Waals surface area contributed by atoms with E-state index in [2.05, 4.69) is 26.5 Å². The monoisotopic (exact) mass is 300 g/mol. The molecule has 0 spiro atoms. The minimum Gasteiger partial charge on any atom is -0.382 e. The fraction of sp³-hybridized carbons (Fsp3) is 0.500. The lowest BCUT2D eigenvalue weighted by Crippen LogP contribution is -2.12. The van der Waals surface area contributed by atoms with Crippen LogP contribution in [-0.4, -0.2) is 19.6 Å². The van der Waals surface area contributed by atoms with Crippen molar-refractivity contribution in [3.05, 3.63) is 17.0 Å². The number of rotatable bonds is 2. The van der Waals surface area contributed by atoms with Gasteiger partial charge in [0.05, 0.1) is 11.4 Å². The quantitative estimate of drug-likeness (QED) is 0.859. The van der Waals surface area contributed by atoms with Crippen LogP contribution >= 0.6 is 0 Å². The van der Waals surface area contributed by atoms with Gasteiger partial charge in [0, 0.05) is 19.5 Å². The van der Waals surface area contributed by atoms with Gasteiger partial charge in [-0.3, -0.25) is 4.68 Å². The average Bonchev–Trinajstić information content (AvgIpc) is 2.85. The molecule has 0 aromatic carbocycles. The van der Waals surface area contributed by atoms with Crippen molar-refractivity contribution in [1.29, 1.82) is 5.26 Å². The fourth-order valence-electron chi connectivity index (χ4n) is 2.12. The SMILES string of the molecule is Cc1nn(C)c(N=Nc2c(C(C)(C)C)nn(C)c2N)c1C#N. The van der Waals surface area contributed by atoms with Gasteiger partial charge in [0.2, 0.25) is 0 Å². The first-order chi connectivity index (χ1) is 10.2. The zero-order chi connectivity index (χ0) is 16.7. The first-order valence-corrected chi connectivity index (χ1v) is 6.85. The van der Waals surface area contributed by atoms with Crippen LogP contribution in [0.5, 0.6) is 0 Å². The minimum absolute atomic E-state index is 0.218. The Labute approximate surface area is 129 Å². The minimum atomic E-state index is -0.218. The van der Waals surface area contributed by atoms with Crippen LogP contribution in [0, 0.1) is 18.3 Å². The van der Waals surface area contributed by atoms with Gasteiger partial charge in [-0.25, -0.2) is 4.68 Å². The van der Waals surface area contributed by atoms with E-state index in [4.69, 9.17) is 5.73 Å². The standard InChI is InChI=1S/C14H20N8/c1-8-9(7-15)13(22(6)19-8)18-17-10-11(14(2,3)4)20-21(5)12(10)16/h16H2,1-6H3. The summed E-state index contributed by atoms with van der Waals surface area (Å²) in [6.07, 6.45) is 0. The number of nitrogens with zero attached hydrogens (tertiary/aromatic N) is 7. The Balaban J connectivity index is 2.55. The van der Waals surface area contributed by atoms with Gasteiger partial charge in [0.1, 0.15) is 17.5 Å². The highest BCUT2D eigenvalue weighted by atomic mass is 15.4. The summed E-state index contributed by atoms with van der Waals surface area (Å²) in [5.74, 6) is 0.842. The summed E-state index contributed by atoms with van der Waals surface area (Å²) in [5, 5.41) is 26.2. The number of azo groups is 1. The van der Waals surface area contributed by atoms with Gasteiger partial charge in [0.15, 0.2) is 11.5 Å². The normalized spacial score (nSPS) is 12.0. The zero-order valence-corrected chi connectivity index (χ0v) is 13.7. The Kier molecular flexibility index (Phi) is 3.75. The molecule has 0 fully saturated rings. The molecule has 2 aromatic rings. The van der Waals surface area contributed by atoms with E-state index in [0.29, 0.717) is 28.6 Å². The number of nitrogen functional groups attached to an aromatic ring is 1. The summed E-state index contributed by atoms with van der Waals surface area (Å²) in [7, 11) is 3.48. The van der Waals surface area contributed by atoms with Crippen molar-refractivity contribution in [3.8, 4) is 6.07 Å². The molecule has 2 N–H and O–H groups in total. The van der Waals surface area contributed by atoms with E-state index < -0.39 is 0 Å². The van der Waals surface area contributed by atoms with E-state index in [1.165, 1.54) is 4.68 Å². The van der Waals surface area contributed by atoms with Gasteiger partial charge in [-0.1, -0.05) is 20.8 Å². The Bertz CT molecular complexity index is 779. The molecule has 0 saturated heterocycles. The van der Waals surface area contributed by atoms with Gasteiger partial charge in [-0.05, 0) is 6.92 Å². The van der Waals surface area contributed by atoms with Crippen LogP contribution in [0.2, 0.25) is 0 Å². The summed E-state index contributed by atoms with van der Waals surface area (Å²) in [6.45, 7) is 7.85. The van der Waals surface area contributed by atoms with Crippen molar-refractivity contribution in [2.45, 2.75) is 33.1 Å². The topological polar surface area (TPSA) is 110 Å². The number of aryl methyl sites for hydroxylation is 3. The lowest BCUT2D eigenvalue weighted by molar-refractivity contribution is 0.554. The van der Waals surface area contributed by atoms with Crippen molar-refractivity contribution in [1.82, 2.24) is 19.6 Å². The summed E-state index contributed by atoms with van der Waals surface area (Å²) in [6, 6.07) is 2.10. The number of hydrogen-bond donors (Lipinski definition) is 1. The van der Waals surface area contributed by atoms with E-state index in [-0.39, 0.29) is 5.41 Å². The van der Waals surface area contributed by atoms with Crippen LogP contribution in [0.1, 0.15) is 37.7 Å². The third-order valence-electron chi connectivity index (χ3n) is 3.32. The first-order valence-electron chi connectivity index (χ1n) is 6.85. The summed E-state index contributed by atoms with van der Waals surface area (Å²) >= 11 is 0. The second-order valence-corrected chi connectivity index (χ2v) is 6.18. The molecule has 116 valence electrons. The highest BCUT2D eigenvalue weighted by Crippen LogP contribution is 2.36. The summed E-state index contributed by atoms with van der Waals surface area (Å²) in [5.41, 5.74) is 8.13. The highest BCUT2D eigenvalue weighted by molar-refractivity contribution is 5.63. The van der Waals surface area contributed by atoms with E-state index in [1.54, 1.807) is 25.7 Å². The number of hydrogen-bond acceptors (Lipinski definition) is 6. The number of nitriles is 1. The third-order valence-corrected chi connectivity index (χ3v) is 3.32. The van der Waals surface area contributed by atoms with Crippen LogP contribution in [0.4, 0.5) is 17.3 Å². The second-order valence-electron chi connectivity index (χ2n) is 6.18. The largest absolute Gasteiger partial charge is 0.382 e.